The van der Waals surface area contributed by atoms with Crippen molar-refractivity contribution in [2.45, 2.75) is 25.4 Å². The molecule has 1 unspecified atom stereocenters. The Morgan fingerprint density at radius 2 is 1.67 bits per heavy atom. The first-order valence-corrected chi connectivity index (χ1v) is 11.1. The number of aromatic nitrogens is 1. The van der Waals surface area contributed by atoms with Crippen LogP contribution in [0.5, 0.6) is 0 Å². The van der Waals surface area contributed by atoms with E-state index >= 15 is 0 Å². The Kier molecular flexibility index (Phi) is 5.65. The van der Waals surface area contributed by atoms with Crippen LogP contribution in [0, 0.1) is 5.82 Å². The van der Waals surface area contributed by atoms with Gasteiger partial charge in [-0.25, -0.2) is 4.39 Å². The molecule has 0 spiro atoms. The molecule has 0 N–H and O–H groups in total. The summed E-state index contributed by atoms with van der Waals surface area (Å²) < 4.78 is 14.1. The molecule has 156 valence electrons. The Balaban J connectivity index is 1.19. The van der Waals surface area contributed by atoms with Crippen LogP contribution in [-0.2, 0) is 6.54 Å². The molecule has 0 radical (unpaired) electrons. The summed E-state index contributed by atoms with van der Waals surface area (Å²) in [5.41, 5.74) is 2.97. The highest BCUT2D eigenvalue weighted by molar-refractivity contribution is 5.78. The highest BCUT2D eigenvalue weighted by Crippen LogP contribution is 2.24. The fraction of sp³-hybridized carbons (Fsp3) is 0.400. The van der Waals surface area contributed by atoms with Gasteiger partial charge in [-0.1, -0.05) is 36.4 Å². The topological polar surface area (TPSA) is 22.6 Å². The molecule has 1 atom stereocenters. The van der Waals surface area contributed by atoms with E-state index in [0.717, 1.165) is 62.7 Å². The number of pyridine rings is 1. The Hall–Kier alpha value is -2.50. The maximum absolute atomic E-state index is 14.1. The van der Waals surface area contributed by atoms with E-state index in [4.69, 9.17) is 4.98 Å². The lowest BCUT2D eigenvalue weighted by atomic mass is 10.0. The van der Waals surface area contributed by atoms with E-state index in [9.17, 15) is 4.39 Å². The van der Waals surface area contributed by atoms with Crippen LogP contribution in [0.3, 0.4) is 0 Å². The first-order valence-electron chi connectivity index (χ1n) is 11.1. The van der Waals surface area contributed by atoms with Crippen LogP contribution in [0.4, 0.5) is 10.1 Å². The number of hydrogen-bond donors (Lipinski definition) is 0. The minimum Gasteiger partial charge on any atom is -0.367 e. The van der Waals surface area contributed by atoms with E-state index in [2.05, 4.69) is 51.1 Å². The summed E-state index contributed by atoms with van der Waals surface area (Å²) in [6, 6.07) is 20.4. The molecule has 1 aromatic heterocycles. The standard InChI is InChI=1S/C25H29FN4/c26-23-8-2-4-10-25(23)30-16-14-29(15-17-30)22-7-5-13-28(19-22)18-21-12-11-20-6-1-3-9-24(20)27-21/h1-4,6,8-12,22H,5,7,13-19H2. The molecule has 0 bridgehead atoms. The van der Waals surface area contributed by atoms with Gasteiger partial charge in [-0.3, -0.25) is 14.8 Å². The van der Waals surface area contributed by atoms with Gasteiger partial charge in [0, 0.05) is 50.7 Å². The summed E-state index contributed by atoms with van der Waals surface area (Å²) in [6.45, 7) is 6.93. The zero-order valence-corrected chi connectivity index (χ0v) is 17.4. The van der Waals surface area contributed by atoms with Gasteiger partial charge in [-0.05, 0) is 43.7 Å². The molecule has 30 heavy (non-hydrogen) atoms. The third-order valence-corrected chi connectivity index (χ3v) is 6.55. The van der Waals surface area contributed by atoms with Gasteiger partial charge >= 0.3 is 0 Å². The molecule has 5 rings (SSSR count). The summed E-state index contributed by atoms with van der Waals surface area (Å²) in [4.78, 5) is 12.2. The number of likely N-dealkylation sites (tertiary alicyclic amines) is 1. The average molecular weight is 405 g/mol. The van der Waals surface area contributed by atoms with Crippen molar-refractivity contribution in [3.63, 3.8) is 0 Å². The summed E-state index contributed by atoms with van der Waals surface area (Å²) in [6.07, 6.45) is 2.48. The first-order chi connectivity index (χ1) is 14.8. The van der Waals surface area contributed by atoms with Gasteiger partial charge < -0.3 is 4.90 Å². The minimum absolute atomic E-state index is 0.113. The molecule has 0 aliphatic carbocycles. The molecule has 2 aliphatic rings. The highest BCUT2D eigenvalue weighted by Gasteiger charge is 2.28. The molecule has 2 aromatic carbocycles. The molecule has 3 aromatic rings. The lowest BCUT2D eigenvalue weighted by molar-refractivity contribution is 0.0880. The van der Waals surface area contributed by atoms with Gasteiger partial charge in [0.25, 0.3) is 0 Å². The van der Waals surface area contributed by atoms with E-state index in [1.807, 2.05) is 12.1 Å². The summed E-state index contributed by atoms with van der Waals surface area (Å²) >= 11 is 0. The molecule has 3 heterocycles. The normalized spacial score (nSPS) is 21.2. The third-order valence-electron chi connectivity index (χ3n) is 6.55. The quantitative estimate of drug-likeness (QED) is 0.651. The van der Waals surface area contributed by atoms with Gasteiger partial charge in [0.15, 0.2) is 0 Å². The van der Waals surface area contributed by atoms with E-state index in [-0.39, 0.29) is 5.82 Å². The first kappa shape index (κ1) is 19.5. The molecule has 2 saturated heterocycles. The van der Waals surface area contributed by atoms with Gasteiger partial charge in [-0.2, -0.15) is 0 Å². The monoisotopic (exact) mass is 404 g/mol. The van der Waals surface area contributed by atoms with E-state index in [1.54, 1.807) is 12.1 Å². The molecule has 5 heteroatoms. The second-order valence-corrected chi connectivity index (χ2v) is 8.50. The van der Waals surface area contributed by atoms with Crippen LogP contribution < -0.4 is 4.90 Å². The summed E-state index contributed by atoms with van der Waals surface area (Å²) in [5.74, 6) is -0.113. The number of rotatable bonds is 4. The molecule has 4 nitrogen and oxygen atoms in total. The SMILES string of the molecule is Fc1ccccc1N1CCN(C2CCCN(Cc3ccc4ccccc4n3)C2)CC1. The van der Waals surface area contributed by atoms with E-state index in [1.165, 1.54) is 18.2 Å². The number of halogens is 1. The second-order valence-electron chi connectivity index (χ2n) is 8.50. The maximum atomic E-state index is 14.1. The second kappa shape index (κ2) is 8.70. The third kappa shape index (κ3) is 4.18. The van der Waals surface area contributed by atoms with Crippen molar-refractivity contribution in [2.24, 2.45) is 0 Å². The molecular weight excluding hydrogens is 375 g/mol. The molecule has 2 aliphatic heterocycles. The number of benzene rings is 2. The number of anilines is 1. The van der Waals surface area contributed by atoms with Gasteiger partial charge in [0.2, 0.25) is 0 Å². The van der Waals surface area contributed by atoms with Gasteiger partial charge in [-0.15, -0.1) is 0 Å². The number of fused-ring (bicyclic) bond motifs is 1. The van der Waals surface area contributed by atoms with Crippen LogP contribution in [0.15, 0.2) is 60.7 Å². The smallest absolute Gasteiger partial charge is 0.146 e. The van der Waals surface area contributed by atoms with Crippen LogP contribution in [0.25, 0.3) is 10.9 Å². The summed E-state index contributed by atoms with van der Waals surface area (Å²) in [7, 11) is 0. The van der Waals surface area contributed by atoms with Crippen molar-refractivity contribution in [1.82, 2.24) is 14.8 Å². The van der Waals surface area contributed by atoms with E-state index in [0.29, 0.717) is 6.04 Å². The Morgan fingerprint density at radius 1 is 0.867 bits per heavy atom. The van der Waals surface area contributed by atoms with Crippen molar-refractivity contribution < 1.29 is 4.39 Å². The van der Waals surface area contributed by atoms with Crippen LogP contribution >= 0.6 is 0 Å². The number of piperidine rings is 1. The van der Waals surface area contributed by atoms with Crippen LogP contribution in [0.2, 0.25) is 0 Å². The fourth-order valence-electron chi connectivity index (χ4n) is 4.93. The van der Waals surface area contributed by atoms with Crippen molar-refractivity contribution in [3.8, 4) is 0 Å². The Bertz CT molecular complexity index is 999. The number of hydrogen-bond acceptors (Lipinski definition) is 4. The highest BCUT2D eigenvalue weighted by atomic mass is 19.1. The van der Waals surface area contributed by atoms with Gasteiger partial charge in [0.1, 0.15) is 5.82 Å². The minimum atomic E-state index is -0.113. The van der Waals surface area contributed by atoms with E-state index < -0.39 is 0 Å². The van der Waals surface area contributed by atoms with Crippen molar-refractivity contribution in [2.75, 3.05) is 44.2 Å². The van der Waals surface area contributed by atoms with Crippen molar-refractivity contribution in [1.29, 1.82) is 0 Å². The molecule has 0 amide bonds. The Morgan fingerprint density at radius 3 is 2.53 bits per heavy atom. The molecular formula is C25H29FN4. The summed E-state index contributed by atoms with van der Waals surface area (Å²) in [5, 5.41) is 1.20. The van der Waals surface area contributed by atoms with Crippen molar-refractivity contribution >= 4 is 16.6 Å². The number of nitrogens with zero attached hydrogens (tertiary/aromatic N) is 4. The molecule has 0 saturated carbocycles. The predicted molar refractivity (Wildman–Crippen MR) is 120 cm³/mol. The van der Waals surface area contributed by atoms with Crippen LogP contribution in [0.1, 0.15) is 18.5 Å². The number of para-hydroxylation sites is 2. The Labute approximate surface area is 177 Å². The van der Waals surface area contributed by atoms with Crippen molar-refractivity contribution in [3.05, 3.63) is 72.2 Å². The maximum Gasteiger partial charge on any atom is 0.146 e. The van der Waals surface area contributed by atoms with Gasteiger partial charge in [0.05, 0.1) is 16.9 Å². The predicted octanol–water partition coefficient (Wildman–Crippen LogP) is 4.16. The number of piperazine rings is 1. The largest absolute Gasteiger partial charge is 0.367 e. The zero-order valence-electron chi connectivity index (χ0n) is 17.4. The lowest BCUT2D eigenvalue weighted by Crippen LogP contribution is -2.55. The van der Waals surface area contributed by atoms with Crippen LogP contribution in [-0.4, -0.2) is 60.1 Å². The average Bonchev–Trinajstić information content (AvgIpc) is 2.80. The zero-order chi connectivity index (χ0) is 20.3. The fourth-order valence-corrected chi connectivity index (χ4v) is 4.93. The lowest BCUT2D eigenvalue weighted by Gasteiger charge is -2.44. The molecule has 2 fully saturated rings.